The van der Waals surface area contributed by atoms with Crippen LogP contribution < -0.4 is 11.1 Å². The van der Waals surface area contributed by atoms with E-state index in [0.29, 0.717) is 19.6 Å². The Bertz CT molecular complexity index is 831. The summed E-state index contributed by atoms with van der Waals surface area (Å²) in [6.07, 6.45) is 0.272. The van der Waals surface area contributed by atoms with Gasteiger partial charge >= 0.3 is 0 Å². The number of carbonyl (C=O) groups is 2. The molecule has 2 atom stereocenters. The summed E-state index contributed by atoms with van der Waals surface area (Å²) in [5, 5.41) is 5.32. The Kier molecular flexibility index (Phi) is 9.86. The van der Waals surface area contributed by atoms with Crippen molar-refractivity contribution < 1.29 is 9.59 Å². The van der Waals surface area contributed by atoms with Gasteiger partial charge in [0.05, 0.1) is 12.0 Å². The molecule has 2 aromatic rings. The second-order valence-corrected chi connectivity index (χ2v) is 7.45. The predicted octanol–water partition coefficient (Wildman–Crippen LogP) is 2.21. The van der Waals surface area contributed by atoms with Crippen LogP contribution in [0.15, 0.2) is 42.5 Å². The molecule has 1 heterocycles. The fourth-order valence-corrected chi connectivity index (χ4v) is 3.48. The first-order valence-corrected chi connectivity index (χ1v) is 9.39. The van der Waals surface area contributed by atoms with E-state index >= 15 is 0 Å². The van der Waals surface area contributed by atoms with Crippen LogP contribution in [0, 0.1) is 5.92 Å². The molecule has 0 spiro atoms. The van der Waals surface area contributed by atoms with Crippen LogP contribution in [0.3, 0.4) is 0 Å². The fraction of sp³-hybridized carbons (Fsp3) is 0.429. The van der Waals surface area contributed by atoms with E-state index in [1.165, 1.54) is 0 Å². The third-order valence-corrected chi connectivity index (χ3v) is 5.13. The van der Waals surface area contributed by atoms with Crippen LogP contribution in [-0.4, -0.2) is 61.9 Å². The normalized spacial score (nSPS) is 17.0. The number of amides is 2. The van der Waals surface area contributed by atoms with E-state index < -0.39 is 0 Å². The second kappa shape index (κ2) is 11.4. The van der Waals surface area contributed by atoms with Crippen molar-refractivity contribution in [3.8, 4) is 0 Å². The number of benzene rings is 2. The second-order valence-electron chi connectivity index (χ2n) is 7.45. The smallest absolute Gasteiger partial charge is 0.225 e. The summed E-state index contributed by atoms with van der Waals surface area (Å²) in [6.45, 7) is 2.24. The molecule has 2 amide bonds. The lowest BCUT2D eigenvalue weighted by Gasteiger charge is -2.21. The number of hydrogen-bond acceptors (Lipinski definition) is 4. The van der Waals surface area contributed by atoms with Crippen molar-refractivity contribution in [2.24, 2.45) is 11.7 Å². The largest absolute Gasteiger partial charge is 0.348 e. The zero-order chi connectivity index (χ0) is 19.4. The average molecular weight is 441 g/mol. The summed E-state index contributed by atoms with van der Waals surface area (Å²) in [7, 11) is 3.94. The number of halogens is 2. The summed E-state index contributed by atoms with van der Waals surface area (Å²) in [4.78, 5) is 28.7. The molecule has 0 aliphatic carbocycles. The Morgan fingerprint density at radius 3 is 2.55 bits per heavy atom. The van der Waals surface area contributed by atoms with Crippen LogP contribution in [0.2, 0.25) is 0 Å². The summed E-state index contributed by atoms with van der Waals surface area (Å²) < 4.78 is 0. The van der Waals surface area contributed by atoms with Gasteiger partial charge in [-0.1, -0.05) is 36.4 Å². The molecule has 0 saturated carbocycles. The van der Waals surface area contributed by atoms with Crippen LogP contribution in [0.25, 0.3) is 10.8 Å². The first-order valence-electron chi connectivity index (χ1n) is 9.39. The highest BCUT2D eigenvalue weighted by atomic mass is 35.5. The molecular weight excluding hydrogens is 411 g/mol. The molecule has 1 saturated heterocycles. The van der Waals surface area contributed by atoms with Gasteiger partial charge in [-0.2, -0.15) is 0 Å². The minimum Gasteiger partial charge on any atom is -0.348 e. The first-order chi connectivity index (χ1) is 13.0. The zero-order valence-electron chi connectivity index (χ0n) is 16.8. The maximum Gasteiger partial charge on any atom is 0.225 e. The molecule has 2 aromatic carbocycles. The van der Waals surface area contributed by atoms with Gasteiger partial charge in [0, 0.05) is 32.6 Å². The van der Waals surface area contributed by atoms with E-state index in [9.17, 15) is 9.59 Å². The number of carbonyl (C=O) groups excluding carboxylic acids is 2. The van der Waals surface area contributed by atoms with E-state index in [-0.39, 0.29) is 55.0 Å². The van der Waals surface area contributed by atoms with Gasteiger partial charge in [-0.05, 0) is 36.5 Å². The highest BCUT2D eigenvalue weighted by Gasteiger charge is 2.34. The maximum atomic E-state index is 12.7. The Morgan fingerprint density at radius 1 is 1.21 bits per heavy atom. The molecule has 1 fully saturated rings. The first kappa shape index (κ1) is 25.2. The number of rotatable bonds is 7. The molecular formula is C21H30Cl2N4O2. The number of hydrogen-bond donors (Lipinski definition) is 2. The number of fused-ring (bicyclic) bond motifs is 1. The molecule has 1 aliphatic rings. The van der Waals surface area contributed by atoms with Crippen LogP contribution in [0.5, 0.6) is 0 Å². The molecule has 3 rings (SSSR count). The standard InChI is InChI=1S/C21H28N4O2.2ClH/c1-24(2)9-10-25-14-18(12-20(25)26)21(27)23-19(13-22)17-8-7-15-5-3-4-6-16(15)11-17;;/h3-8,11,18-19H,9-10,12-14,22H2,1-2H3,(H,23,27);2*1H. The van der Waals surface area contributed by atoms with Gasteiger partial charge in [0.15, 0.2) is 0 Å². The lowest BCUT2D eigenvalue weighted by atomic mass is 10.0. The SMILES string of the molecule is CN(C)CCN1CC(C(=O)NC(CN)c2ccc3ccccc3c2)CC1=O.Cl.Cl. The molecule has 160 valence electrons. The van der Waals surface area contributed by atoms with Gasteiger partial charge in [0.2, 0.25) is 11.8 Å². The van der Waals surface area contributed by atoms with Crippen molar-refractivity contribution in [1.82, 2.24) is 15.1 Å². The summed E-state index contributed by atoms with van der Waals surface area (Å²) >= 11 is 0. The molecule has 29 heavy (non-hydrogen) atoms. The number of likely N-dealkylation sites (N-methyl/N-ethyl adjacent to an activating group) is 1. The average Bonchev–Trinajstić information content (AvgIpc) is 3.04. The molecule has 6 nitrogen and oxygen atoms in total. The number of nitrogens with two attached hydrogens (primary N) is 1. The number of likely N-dealkylation sites (tertiary alicyclic amines) is 1. The molecule has 3 N–H and O–H groups in total. The topological polar surface area (TPSA) is 78.7 Å². The van der Waals surface area contributed by atoms with Gasteiger partial charge in [0.25, 0.3) is 0 Å². The van der Waals surface area contributed by atoms with Crippen LogP contribution in [-0.2, 0) is 9.59 Å². The third kappa shape index (κ3) is 6.31. The van der Waals surface area contributed by atoms with Crippen LogP contribution in [0.1, 0.15) is 18.0 Å². The van der Waals surface area contributed by atoms with E-state index in [1.54, 1.807) is 4.90 Å². The van der Waals surface area contributed by atoms with E-state index in [1.807, 2.05) is 49.3 Å². The Hall–Kier alpha value is -1.86. The quantitative estimate of drug-likeness (QED) is 0.691. The lowest BCUT2D eigenvalue weighted by molar-refractivity contribution is -0.129. The van der Waals surface area contributed by atoms with Gasteiger partial charge in [-0.25, -0.2) is 0 Å². The minimum absolute atomic E-state index is 0. The van der Waals surface area contributed by atoms with E-state index in [2.05, 4.69) is 17.4 Å². The maximum absolute atomic E-state index is 12.7. The molecule has 8 heteroatoms. The summed E-state index contributed by atoms with van der Waals surface area (Å²) in [5.41, 5.74) is 6.92. The highest BCUT2D eigenvalue weighted by molar-refractivity contribution is 5.89. The van der Waals surface area contributed by atoms with Gasteiger partial charge in [0.1, 0.15) is 0 Å². The van der Waals surface area contributed by atoms with Crippen molar-refractivity contribution in [3.63, 3.8) is 0 Å². The van der Waals surface area contributed by atoms with E-state index in [4.69, 9.17) is 5.73 Å². The van der Waals surface area contributed by atoms with Crippen molar-refractivity contribution in [2.45, 2.75) is 12.5 Å². The van der Waals surface area contributed by atoms with Crippen LogP contribution in [0.4, 0.5) is 0 Å². The van der Waals surface area contributed by atoms with Crippen molar-refractivity contribution >= 4 is 47.4 Å². The number of nitrogens with one attached hydrogen (secondary N) is 1. The monoisotopic (exact) mass is 440 g/mol. The lowest BCUT2D eigenvalue weighted by Crippen LogP contribution is -2.39. The third-order valence-electron chi connectivity index (χ3n) is 5.13. The molecule has 2 unspecified atom stereocenters. The minimum atomic E-state index is -0.311. The molecule has 1 aliphatic heterocycles. The molecule has 0 radical (unpaired) electrons. The summed E-state index contributed by atoms with van der Waals surface area (Å²) in [5.74, 6) is -0.361. The predicted molar refractivity (Wildman–Crippen MR) is 122 cm³/mol. The summed E-state index contributed by atoms with van der Waals surface area (Å²) in [6, 6.07) is 14.0. The van der Waals surface area contributed by atoms with Crippen molar-refractivity contribution in [2.75, 3.05) is 40.3 Å². The molecule has 0 bridgehead atoms. The van der Waals surface area contributed by atoms with Crippen molar-refractivity contribution in [3.05, 3.63) is 48.0 Å². The Balaban J connectivity index is 0.00000210. The van der Waals surface area contributed by atoms with Gasteiger partial charge in [-0.15, -0.1) is 24.8 Å². The fourth-order valence-electron chi connectivity index (χ4n) is 3.48. The van der Waals surface area contributed by atoms with Gasteiger partial charge < -0.3 is 20.9 Å². The van der Waals surface area contributed by atoms with Crippen LogP contribution >= 0.6 is 24.8 Å². The van der Waals surface area contributed by atoms with E-state index in [0.717, 1.165) is 22.9 Å². The van der Waals surface area contributed by atoms with Crippen molar-refractivity contribution in [1.29, 1.82) is 0 Å². The molecule has 0 aromatic heterocycles. The number of nitrogens with zero attached hydrogens (tertiary/aromatic N) is 2. The highest BCUT2D eigenvalue weighted by Crippen LogP contribution is 2.22. The Morgan fingerprint density at radius 2 is 1.90 bits per heavy atom. The Labute approximate surface area is 184 Å². The zero-order valence-corrected chi connectivity index (χ0v) is 18.5. The van der Waals surface area contributed by atoms with Gasteiger partial charge in [-0.3, -0.25) is 9.59 Å².